The third kappa shape index (κ3) is 5.74. The molecule has 0 amide bonds. The number of rotatable bonds is 8. The smallest absolute Gasteiger partial charge is 0.416 e. The summed E-state index contributed by atoms with van der Waals surface area (Å²) in [5.74, 6) is 0.266. The monoisotopic (exact) mass is 402 g/mol. The van der Waals surface area contributed by atoms with E-state index in [1.807, 2.05) is 60.7 Å². The zero-order valence-corrected chi connectivity index (χ0v) is 15.9. The molecule has 0 saturated carbocycles. The van der Waals surface area contributed by atoms with Gasteiger partial charge in [-0.15, -0.1) is 0 Å². The Morgan fingerprint density at radius 2 is 1.31 bits per heavy atom. The summed E-state index contributed by atoms with van der Waals surface area (Å²) in [6.07, 6.45) is -4.54. The Hall–Kier alpha value is -2.99. The van der Waals surface area contributed by atoms with E-state index in [1.165, 1.54) is 13.2 Å². The molecule has 152 valence electrons. The summed E-state index contributed by atoms with van der Waals surface area (Å²) in [4.78, 5) is 0. The van der Waals surface area contributed by atoms with Crippen LogP contribution >= 0.6 is 0 Å². The second-order valence-corrected chi connectivity index (χ2v) is 6.41. The van der Waals surface area contributed by atoms with Crippen LogP contribution < -0.4 is 9.47 Å². The first-order valence-electron chi connectivity index (χ1n) is 9.04. The zero-order valence-electron chi connectivity index (χ0n) is 15.9. The van der Waals surface area contributed by atoms with Gasteiger partial charge < -0.3 is 14.2 Å². The molecule has 0 aromatic heterocycles. The molecule has 0 fully saturated rings. The van der Waals surface area contributed by atoms with Gasteiger partial charge in [0.25, 0.3) is 0 Å². The fourth-order valence-electron chi connectivity index (χ4n) is 2.85. The van der Waals surface area contributed by atoms with Crippen molar-refractivity contribution in [1.29, 1.82) is 0 Å². The van der Waals surface area contributed by atoms with Crippen molar-refractivity contribution >= 4 is 0 Å². The Bertz CT molecular complexity index is 910. The van der Waals surface area contributed by atoms with Gasteiger partial charge >= 0.3 is 6.18 Å². The van der Waals surface area contributed by atoms with Gasteiger partial charge in [-0.2, -0.15) is 13.2 Å². The van der Waals surface area contributed by atoms with E-state index in [2.05, 4.69) is 0 Å². The Morgan fingerprint density at radius 1 is 0.724 bits per heavy atom. The standard InChI is InChI=1S/C23H21F3O3/c1-27-21-12-19(16-28-14-17-8-4-2-5-9-17)20(23(24,25)26)13-22(21)29-15-18-10-6-3-7-11-18/h2-13H,14-16H2,1H3. The van der Waals surface area contributed by atoms with Gasteiger partial charge in [0.15, 0.2) is 11.5 Å². The molecule has 3 aromatic carbocycles. The molecule has 0 aliphatic carbocycles. The quantitative estimate of drug-likeness (QED) is 0.462. The highest BCUT2D eigenvalue weighted by molar-refractivity contribution is 5.48. The van der Waals surface area contributed by atoms with Crippen molar-refractivity contribution in [3.8, 4) is 11.5 Å². The molecule has 0 aliphatic rings. The van der Waals surface area contributed by atoms with E-state index < -0.39 is 11.7 Å². The van der Waals surface area contributed by atoms with E-state index in [-0.39, 0.29) is 36.9 Å². The van der Waals surface area contributed by atoms with E-state index >= 15 is 0 Å². The molecule has 3 aromatic rings. The van der Waals surface area contributed by atoms with Crippen molar-refractivity contribution in [2.45, 2.75) is 26.0 Å². The first-order valence-corrected chi connectivity index (χ1v) is 9.04. The highest BCUT2D eigenvalue weighted by atomic mass is 19.4. The number of benzene rings is 3. The third-order valence-electron chi connectivity index (χ3n) is 4.30. The molecule has 0 heterocycles. The summed E-state index contributed by atoms with van der Waals surface area (Å²) in [5.41, 5.74) is 0.931. The minimum absolute atomic E-state index is 0.00246. The summed E-state index contributed by atoms with van der Waals surface area (Å²) in [5, 5.41) is 0. The number of ether oxygens (including phenoxy) is 3. The van der Waals surface area contributed by atoms with Gasteiger partial charge in [-0.05, 0) is 28.8 Å². The van der Waals surface area contributed by atoms with Crippen molar-refractivity contribution in [2.24, 2.45) is 0 Å². The molecule has 0 aliphatic heterocycles. The number of alkyl halides is 3. The molecule has 6 heteroatoms. The van der Waals surface area contributed by atoms with Crippen LogP contribution in [0.25, 0.3) is 0 Å². The predicted molar refractivity (Wildman–Crippen MR) is 104 cm³/mol. The molecule has 0 unspecified atom stereocenters. The maximum atomic E-state index is 13.6. The van der Waals surface area contributed by atoms with Crippen molar-refractivity contribution in [3.63, 3.8) is 0 Å². The molecule has 0 atom stereocenters. The largest absolute Gasteiger partial charge is 0.493 e. The lowest BCUT2D eigenvalue weighted by molar-refractivity contribution is -0.139. The van der Waals surface area contributed by atoms with Crippen LogP contribution in [0.4, 0.5) is 13.2 Å². The molecule has 0 N–H and O–H groups in total. The van der Waals surface area contributed by atoms with Crippen LogP contribution in [0.1, 0.15) is 22.3 Å². The summed E-state index contributed by atoms with van der Waals surface area (Å²) >= 11 is 0. The van der Waals surface area contributed by atoms with Gasteiger partial charge in [-0.3, -0.25) is 0 Å². The number of hydrogen-bond donors (Lipinski definition) is 0. The van der Waals surface area contributed by atoms with Gasteiger partial charge in [0.05, 0.1) is 25.9 Å². The van der Waals surface area contributed by atoms with Gasteiger partial charge in [-0.25, -0.2) is 0 Å². The Kier molecular flexibility index (Phi) is 6.77. The molecular weight excluding hydrogens is 381 g/mol. The van der Waals surface area contributed by atoms with E-state index in [0.717, 1.165) is 17.2 Å². The van der Waals surface area contributed by atoms with Crippen molar-refractivity contribution in [2.75, 3.05) is 7.11 Å². The SMILES string of the molecule is COc1cc(COCc2ccccc2)c(C(F)(F)F)cc1OCc1ccccc1. The Morgan fingerprint density at radius 3 is 1.86 bits per heavy atom. The lowest BCUT2D eigenvalue weighted by Crippen LogP contribution is -2.12. The Balaban J connectivity index is 1.79. The molecule has 0 radical (unpaired) electrons. The van der Waals surface area contributed by atoms with Crippen molar-refractivity contribution < 1.29 is 27.4 Å². The van der Waals surface area contributed by atoms with Crippen molar-refractivity contribution in [3.05, 3.63) is 95.1 Å². The van der Waals surface area contributed by atoms with Crippen LogP contribution in [0.3, 0.4) is 0 Å². The normalized spacial score (nSPS) is 11.3. The predicted octanol–water partition coefficient (Wildman–Crippen LogP) is 6.01. The second-order valence-electron chi connectivity index (χ2n) is 6.41. The van der Waals surface area contributed by atoms with E-state index in [4.69, 9.17) is 14.2 Å². The third-order valence-corrected chi connectivity index (χ3v) is 4.30. The van der Waals surface area contributed by atoms with Crippen LogP contribution in [0, 0.1) is 0 Å². The van der Waals surface area contributed by atoms with Crippen LogP contribution in [0.2, 0.25) is 0 Å². The maximum absolute atomic E-state index is 13.6. The number of hydrogen-bond acceptors (Lipinski definition) is 3. The molecule has 3 nitrogen and oxygen atoms in total. The minimum atomic E-state index is -4.54. The van der Waals surface area contributed by atoms with Gasteiger partial charge in [0.1, 0.15) is 6.61 Å². The number of halogens is 3. The highest BCUT2D eigenvalue weighted by Crippen LogP contribution is 2.40. The first kappa shape index (κ1) is 20.7. The second kappa shape index (κ2) is 9.47. The molecule has 3 rings (SSSR count). The van der Waals surface area contributed by atoms with Gasteiger partial charge in [0, 0.05) is 0 Å². The fraction of sp³-hybridized carbons (Fsp3) is 0.217. The Labute approximate surface area is 167 Å². The van der Waals surface area contributed by atoms with E-state index in [9.17, 15) is 13.2 Å². The summed E-state index contributed by atoms with van der Waals surface area (Å²) < 4.78 is 57.3. The van der Waals surface area contributed by atoms with Gasteiger partial charge in [-0.1, -0.05) is 60.7 Å². The van der Waals surface area contributed by atoms with Gasteiger partial charge in [0.2, 0.25) is 0 Å². The molecule has 0 spiro atoms. The zero-order chi connectivity index (χ0) is 20.7. The summed E-state index contributed by atoms with van der Waals surface area (Å²) in [6, 6.07) is 20.8. The van der Waals surface area contributed by atoms with Crippen LogP contribution in [-0.4, -0.2) is 7.11 Å². The molecular formula is C23H21F3O3. The summed E-state index contributed by atoms with van der Waals surface area (Å²) in [6.45, 7) is 0.157. The first-order chi connectivity index (χ1) is 14.0. The topological polar surface area (TPSA) is 27.7 Å². The lowest BCUT2D eigenvalue weighted by Gasteiger charge is -2.18. The maximum Gasteiger partial charge on any atom is 0.416 e. The molecule has 0 bridgehead atoms. The number of methoxy groups -OCH3 is 1. The van der Waals surface area contributed by atoms with E-state index in [0.29, 0.717) is 0 Å². The van der Waals surface area contributed by atoms with Crippen molar-refractivity contribution in [1.82, 2.24) is 0 Å². The average Bonchev–Trinajstić information content (AvgIpc) is 2.73. The lowest BCUT2D eigenvalue weighted by atomic mass is 10.1. The molecule has 29 heavy (non-hydrogen) atoms. The summed E-state index contributed by atoms with van der Waals surface area (Å²) in [7, 11) is 1.40. The minimum Gasteiger partial charge on any atom is -0.493 e. The average molecular weight is 402 g/mol. The van der Waals surface area contributed by atoms with Crippen LogP contribution in [0.5, 0.6) is 11.5 Å². The highest BCUT2D eigenvalue weighted by Gasteiger charge is 2.35. The fourth-order valence-corrected chi connectivity index (χ4v) is 2.85. The van der Waals surface area contributed by atoms with E-state index in [1.54, 1.807) is 0 Å². The molecule has 0 saturated heterocycles. The van der Waals surface area contributed by atoms with Crippen LogP contribution in [0.15, 0.2) is 72.8 Å². The van der Waals surface area contributed by atoms with Crippen LogP contribution in [-0.2, 0) is 30.7 Å².